The monoisotopic (exact) mass is 264 g/mol. The molecule has 18 heavy (non-hydrogen) atoms. The molecule has 4 heteroatoms. The van der Waals surface area contributed by atoms with Crippen molar-refractivity contribution < 1.29 is 4.79 Å². The molecule has 0 bridgehead atoms. The molecule has 0 aromatic heterocycles. The van der Waals surface area contributed by atoms with E-state index in [-0.39, 0.29) is 5.91 Å². The maximum Gasteiger partial charge on any atom is 0.255 e. The number of carbonyl (C=O) groups excluding carboxylic acids is 1. The Morgan fingerprint density at radius 2 is 2.17 bits per heavy atom. The van der Waals surface area contributed by atoms with Crippen molar-refractivity contribution in [3.05, 3.63) is 29.8 Å². The fraction of sp³-hybridized carbons (Fsp3) is 0.500. The minimum absolute atomic E-state index is 0.174. The number of benzene rings is 1. The summed E-state index contributed by atoms with van der Waals surface area (Å²) in [5.41, 5.74) is 0.838. The molecule has 1 aliphatic heterocycles. The summed E-state index contributed by atoms with van der Waals surface area (Å²) in [6, 6.07) is 8.24. The highest BCUT2D eigenvalue weighted by Gasteiger charge is 2.29. The van der Waals surface area contributed by atoms with E-state index in [9.17, 15) is 4.79 Å². The minimum Gasteiger partial charge on any atom is -0.333 e. The maximum absolute atomic E-state index is 12.6. The molecule has 1 aromatic carbocycles. The van der Waals surface area contributed by atoms with Crippen LogP contribution < -0.4 is 5.32 Å². The molecule has 0 aliphatic carbocycles. The average Bonchev–Trinajstić information content (AvgIpc) is 2.35. The predicted molar refractivity (Wildman–Crippen MR) is 76.2 cm³/mol. The van der Waals surface area contributed by atoms with Gasteiger partial charge >= 0.3 is 0 Å². The van der Waals surface area contributed by atoms with Crippen molar-refractivity contribution in [1.82, 2.24) is 10.2 Å². The first kappa shape index (κ1) is 13.4. The smallest absolute Gasteiger partial charge is 0.255 e. The van der Waals surface area contributed by atoms with Gasteiger partial charge in [0.15, 0.2) is 0 Å². The maximum atomic E-state index is 12.6. The van der Waals surface area contributed by atoms with Crippen molar-refractivity contribution in [3.8, 4) is 0 Å². The average molecular weight is 264 g/mol. The molecule has 1 saturated heterocycles. The number of rotatable bonds is 5. The summed E-state index contributed by atoms with van der Waals surface area (Å²) in [6.07, 6.45) is 3.02. The van der Waals surface area contributed by atoms with E-state index in [0.29, 0.717) is 6.04 Å². The Bertz CT molecular complexity index is 418. The molecule has 0 spiro atoms. The lowest BCUT2D eigenvalue weighted by atomic mass is 10.1. The zero-order valence-electron chi connectivity index (χ0n) is 11.0. The molecule has 98 valence electrons. The van der Waals surface area contributed by atoms with Gasteiger partial charge in [-0.2, -0.15) is 0 Å². The fourth-order valence-corrected chi connectivity index (χ4v) is 2.75. The van der Waals surface area contributed by atoms with Crippen LogP contribution in [0.3, 0.4) is 0 Å². The Balaban J connectivity index is 2.21. The van der Waals surface area contributed by atoms with E-state index in [2.05, 4.69) is 12.2 Å². The van der Waals surface area contributed by atoms with E-state index in [1.807, 2.05) is 35.4 Å². The van der Waals surface area contributed by atoms with Crippen molar-refractivity contribution in [1.29, 1.82) is 0 Å². The van der Waals surface area contributed by atoms with E-state index in [1.165, 1.54) is 0 Å². The highest BCUT2D eigenvalue weighted by molar-refractivity contribution is 7.98. The Labute approximate surface area is 113 Å². The van der Waals surface area contributed by atoms with Crippen LogP contribution in [0.2, 0.25) is 0 Å². The van der Waals surface area contributed by atoms with Crippen LogP contribution in [0.5, 0.6) is 0 Å². The molecule has 1 aliphatic rings. The Hall–Kier alpha value is -1.00. The van der Waals surface area contributed by atoms with Gasteiger partial charge in [0.05, 0.1) is 11.6 Å². The molecule has 1 N–H and O–H groups in total. The van der Waals surface area contributed by atoms with E-state index in [1.54, 1.807) is 11.8 Å². The third kappa shape index (κ3) is 2.70. The number of amides is 1. The van der Waals surface area contributed by atoms with Crippen LogP contribution in [0.25, 0.3) is 0 Å². The van der Waals surface area contributed by atoms with Gasteiger partial charge in [-0.25, -0.2) is 0 Å². The Morgan fingerprint density at radius 3 is 2.72 bits per heavy atom. The van der Waals surface area contributed by atoms with Crippen molar-refractivity contribution in [3.63, 3.8) is 0 Å². The minimum atomic E-state index is 0.174. The number of nitrogens with one attached hydrogen (secondary N) is 1. The first-order valence-corrected chi connectivity index (χ1v) is 7.65. The lowest BCUT2D eigenvalue weighted by Crippen LogP contribution is -2.59. The van der Waals surface area contributed by atoms with Gasteiger partial charge in [0.1, 0.15) is 0 Å². The van der Waals surface area contributed by atoms with Crippen LogP contribution in [0.1, 0.15) is 23.7 Å². The lowest BCUT2D eigenvalue weighted by Gasteiger charge is -2.38. The zero-order valence-corrected chi connectivity index (χ0v) is 11.8. The molecule has 3 nitrogen and oxygen atoms in total. The fourth-order valence-electron chi connectivity index (χ4n) is 2.16. The van der Waals surface area contributed by atoms with Crippen LogP contribution in [-0.2, 0) is 0 Å². The largest absolute Gasteiger partial charge is 0.333 e. The number of hydrogen-bond donors (Lipinski definition) is 1. The SMILES string of the molecule is CCCN(C(=O)c1ccccc1SC)C1CNC1. The Morgan fingerprint density at radius 1 is 1.44 bits per heavy atom. The summed E-state index contributed by atoms with van der Waals surface area (Å²) in [4.78, 5) is 15.7. The second-order valence-electron chi connectivity index (χ2n) is 4.51. The van der Waals surface area contributed by atoms with E-state index < -0.39 is 0 Å². The highest BCUT2D eigenvalue weighted by atomic mass is 32.2. The van der Waals surface area contributed by atoms with Crippen LogP contribution in [0, 0.1) is 0 Å². The summed E-state index contributed by atoms with van der Waals surface area (Å²) in [5.74, 6) is 0.174. The number of nitrogens with zero attached hydrogens (tertiary/aromatic N) is 1. The molecular weight excluding hydrogens is 244 g/mol. The quantitative estimate of drug-likeness (QED) is 0.828. The summed E-state index contributed by atoms with van der Waals surface area (Å²) < 4.78 is 0. The molecule has 0 unspecified atom stereocenters. The van der Waals surface area contributed by atoms with Gasteiger partial charge in [0, 0.05) is 24.5 Å². The molecule has 1 heterocycles. The third-order valence-electron chi connectivity index (χ3n) is 3.26. The van der Waals surface area contributed by atoms with E-state index in [4.69, 9.17) is 0 Å². The lowest BCUT2D eigenvalue weighted by molar-refractivity contribution is 0.0612. The molecular formula is C14H20N2OS. The van der Waals surface area contributed by atoms with Crippen LogP contribution in [0.4, 0.5) is 0 Å². The topological polar surface area (TPSA) is 32.3 Å². The van der Waals surface area contributed by atoms with Gasteiger partial charge < -0.3 is 10.2 Å². The molecule has 2 rings (SSSR count). The molecule has 1 amide bonds. The molecule has 0 atom stereocenters. The summed E-state index contributed by atoms with van der Waals surface area (Å²) >= 11 is 1.63. The third-order valence-corrected chi connectivity index (χ3v) is 4.06. The first-order valence-electron chi connectivity index (χ1n) is 6.42. The van der Waals surface area contributed by atoms with E-state index in [0.717, 1.165) is 36.5 Å². The first-order chi connectivity index (χ1) is 8.77. The molecule has 1 aromatic rings. The Kier molecular flexibility index (Phi) is 4.66. The predicted octanol–water partition coefficient (Wildman–Crippen LogP) is 2.23. The van der Waals surface area contributed by atoms with Gasteiger partial charge in [0.25, 0.3) is 5.91 Å². The standard InChI is InChI=1S/C14H20N2OS/c1-3-8-16(11-9-15-10-11)14(17)12-6-4-5-7-13(12)18-2/h4-7,11,15H,3,8-10H2,1-2H3. The number of carbonyl (C=O) groups is 1. The number of thioether (sulfide) groups is 1. The molecule has 0 saturated carbocycles. The van der Waals surface area contributed by atoms with Gasteiger partial charge in [-0.15, -0.1) is 11.8 Å². The zero-order chi connectivity index (χ0) is 13.0. The van der Waals surface area contributed by atoms with Crippen molar-refractivity contribution in [2.45, 2.75) is 24.3 Å². The van der Waals surface area contributed by atoms with Gasteiger partial charge in [-0.05, 0) is 24.8 Å². The van der Waals surface area contributed by atoms with E-state index >= 15 is 0 Å². The van der Waals surface area contributed by atoms with Crippen molar-refractivity contribution in [2.24, 2.45) is 0 Å². The van der Waals surface area contributed by atoms with Gasteiger partial charge in [-0.1, -0.05) is 19.1 Å². The molecule has 1 fully saturated rings. The number of hydrogen-bond acceptors (Lipinski definition) is 3. The van der Waals surface area contributed by atoms with Crippen LogP contribution >= 0.6 is 11.8 Å². The van der Waals surface area contributed by atoms with Crippen molar-refractivity contribution in [2.75, 3.05) is 25.9 Å². The second kappa shape index (κ2) is 6.25. The normalized spacial score (nSPS) is 15.2. The summed E-state index contributed by atoms with van der Waals surface area (Å²) in [5, 5.41) is 3.24. The van der Waals surface area contributed by atoms with Gasteiger partial charge in [-0.3, -0.25) is 4.79 Å². The summed E-state index contributed by atoms with van der Waals surface area (Å²) in [7, 11) is 0. The van der Waals surface area contributed by atoms with Gasteiger partial charge in [0.2, 0.25) is 0 Å². The van der Waals surface area contributed by atoms with Crippen molar-refractivity contribution >= 4 is 17.7 Å². The second-order valence-corrected chi connectivity index (χ2v) is 5.36. The highest BCUT2D eigenvalue weighted by Crippen LogP contribution is 2.22. The van der Waals surface area contributed by atoms with Crippen LogP contribution in [-0.4, -0.2) is 42.7 Å². The summed E-state index contributed by atoms with van der Waals surface area (Å²) in [6.45, 7) is 4.81. The van der Waals surface area contributed by atoms with Crippen LogP contribution in [0.15, 0.2) is 29.2 Å². The molecule has 0 radical (unpaired) electrons.